The van der Waals surface area contributed by atoms with Crippen molar-refractivity contribution >= 4 is 153 Å². The highest BCUT2D eigenvalue weighted by Crippen LogP contribution is 2.44. The van der Waals surface area contributed by atoms with Gasteiger partial charge in [0.1, 0.15) is 33.5 Å². The molecule has 0 N–H and O–H groups in total. The lowest BCUT2D eigenvalue weighted by molar-refractivity contribution is 0.668. The SMILES string of the molecule is c1ccc2c(c1)oc1cc(-c3ccc4c5ccccc5n(-c5ccc(-c6ccc7nc(-c8ccc9ccc(-n%10c%11ccccc%11c%11ccc(-c%12ccc%13c(c%12)oc%12ccccc%12%13)cc%11%10)cc9c8)nc(-c8ccc(-n9c%10ccccc%10c%10ccc(-c%11ccc%12c(c%11)oc%11ccccc%11%12)cc%109)cc8)c7c6)cc5)c4c3)ccc12. The van der Waals surface area contributed by atoms with Crippen LogP contribution in [0.5, 0.6) is 0 Å². The summed E-state index contributed by atoms with van der Waals surface area (Å²) in [6.07, 6.45) is 0. The first-order valence-corrected chi connectivity index (χ1v) is 37.4. The van der Waals surface area contributed by atoms with Gasteiger partial charge < -0.3 is 27.0 Å². The van der Waals surface area contributed by atoms with Crippen LogP contribution in [-0.4, -0.2) is 23.7 Å². The zero-order chi connectivity index (χ0) is 71.8. The van der Waals surface area contributed by atoms with E-state index in [4.69, 9.17) is 23.2 Å². The summed E-state index contributed by atoms with van der Waals surface area (Å²) in [4.78, 5) is 11.2. The molecule has 0 radical (unpaired) electrons. The summed E-state index contributed by atoms with van der Waals surface area (Å²) < 4.78 is 26.4. The number of aromatic nitrogens is 5. The molecule has 0 aliphatic carbocycles. The number of hydrogen-bond acceptors (Lipinski definition) is 5. The highest BCUT2D eigenvalue weighted by Gasteiger charge is 2.22. The minimum atomic E-state index is 0.643. The Hall–Kier alpha value is -14.9. The second kappa shape index (κ2) is 23.3. The van der Waals surface area contributed by atoms with Crippen molar-refractivity contribution in [3.63, 3.8) is 0 Å². The molecule has 7 aromatic heterocycles. The maximum absolute atomic E-state index is 6.41. The van der Waals surface area contributed by atoms with Gasteiger partial charge in [0.05, 0.1) is 44.3 Å². The smallest absolute Gasteiger partial charge is 0.160 e. The first-order valence-electron chi connectivity index (χ1n) is 37.4. The van der Waals surface area contributed by atoms with Gasteiger partial charge >= 0.3 is 0 Å². The molecular formula is C102H59N5O3. The van der Waals surface area contributed by atoms with Crippen molar-refractivity contribution in [1.82, 2.24) is 23.7 Å². The molecule has 8 nitrogen and oxygen atoms in total. The van der Waals surface area contributed by atoms with Crippen LogP contribution in [0.25, 0.3) is 237 Å². The minimum Gasteiger partial charge on any atom is -0.456 e. The predicted molar refractivity (Wildman–Crippen MR) is 455 cm³/mol. The Morgan fingerprint density at radius 3 is 0.973 bits per heavy atom. The number of benzene rings is 17. The van der Waals surface area contributed by atoms with Gasteiger partial charge in [-0.2, -0.15) is 0 Å². The first kappa shape index (κ1) is 60.4. The van der Waals surface area contributed by atoms with E-state index < -0.39 is 0 Å². The average molecular weight is 1400 g/mol. The lowest BCUT2D eigenvalue weighted by Gasteiger charge is -2.14. The number of furan rings is 3. The number of rotatable bonds is 9. The van der Waals surface area contributed by atoms with Crippen LogP contribution < -0.4 is 0 Å². The fourth-order valence-corrected chi connectivity index (χ4v) is 17.7. The molecule has 8 heteroatoms. The van der Waals surface area contributed by atoms with Crippen LogP contribution in [0.4, 0.5) is 0 Å². The second-order valence-electron chi connectivity index (χ2n) is 29.1. The summed E-state index contributed by atoms with van der Waals surface area (Å²) in [7, 11) is 0. The zero-order valence-corrected chi connectivity index (χ0v) is 59.0. The third-order valence-corrected chi connectivity index (χ3v) is 23.1. The molecular weight excluding hydrogens is 1340 g/mol. The first-order chi connectivity index (χ1) is 54.4. The molecule has 0 bridgehead atoms. The highest BCUT2D eigenvalue weighted by molar-refractivity contribution is 6.15. The molecule has 0 atom stereocenters. The van der Waals surface area contributed by atoms with E-state index in [1.165, 1.54) is 32.3 Å². The van der Waals surface area contributed by atoms with E-state index in [2.05, 4.69) is 335 Å². The average Bonchev–Trinajstić information content (AvgIpc) is 1.66. The van der Waals surface area contributed by atoms with Gasteiger partial charge in [-0.3, -0.25) is 0 Å². The van der Waals surface area contributed by atoms with E-state index in [1.54, 1.807) is 0 Å². The number of para-hydroxylation sites is 6. The van der Waals surface area contributed by atoms with Gasteiger partial charge in [0.25, 0.3) is 0 Å². The van der Waals surface area contributed by atoms with Gasteiger partial charge in [0, 0.05) is 98.2 Å². The van der Waals surface area contributed by atoms with E-state index >= 15 is 0 Å². The maximum atomic E-state index is 6.41. The summed E-state index contributed by atoms with van der Waals surface area (Å²) in [6, 6.07) is 129. The van der Waals surface area contributed by atoms with Crippen molar-refractivity contribution < 1.29 is 13.3 Å². The second-order valence-corrected chi connectivity index (χ2v) is 29.1. The van der Waals surface area contributed by atoms with Crippen molar-refractivity contribution in [2.24, 2.45) is 0 Å². The lowest BCUT2D eigenvalue weighted by atomic mass is 9.99. The molecule has 0 amide bonds. The number of fused-ring (bicyclic) bond motifs is 20. The number of nitrogens with zero attached hydrogens (tertiary/aromatic N) is 5. The van der Waals surface area contributed by atoms with Gasteiger partial charge in [-0.25, -0.2) is 9.97 Å². The molecule has 0 saturated carbocycles. The summed E-state index contributed by atoms with van der Waals surface area (Å²) in [5.41, 5.74) is 27.7. The largest absolute Gasteiger partial charge is 0.456 e. The molecule has 0 aliphatic rings. The molecule has 0 saturated heterocycles. The molecule has 0 aliphatic heterocycles. The molecule has 24 rings (SSSR count). The van der Waals surface area contributed by atoms with Crippen molar-refractivity contribution in [2.75, 3.05) is 0 Å². The van der Waals surface area contributed by atoms with Crippen molar-refractivity contribution in [1.29, 1.82) is 0 Å². The third kappa shape index (κ3) is 9.27. The van der Waals surface area contributed by atoms with Gasteiger partial charge in [-0.15, -0.1) is 0 Å². The van der Waals surface area contributed by atoms with Crippen LogP contribution in [-0.2, 0) is 0 Å². The summed E-state index contributed by atoms with van der Waals surface area (Å²) >= 11 is 0. The third-order valence-electron chi connectivity index (χ3n) is 23.1. The molecule has 0 unspecified atom stereocenters. The molecule has 0 spiro atoms. The van der Waals surface area contributed by atoms with Crippen LogP contribution >= 0.6 is 0 Å². The van der Waals surface area contributed by atoms with Gasteiger partial charge in [0.15, 0.2) is 5.82 Å². The van der Waals surface area contributed by atoms with Crippen molar-refractivity contribution in [3.8, 4) is 84.2 Å². The lowest BCUT2D eigenvalue weighted by Crippen LogP contribution is -1.98. The molecule has 0 fully saturated rings. The Morgan fingerprint density at radius 2 is 0.509 bits per heavy atom. The van der Waals surface area contributed by atoms with E-state index in [1.807, 2.05) is 36.4 Å². The quantitative estimate of drug-likeness (QED) is 0.144. The summed E-state index contributed by atoms with van der Waals surface area (Å²) in [6.45, 7) is 0. The molecule has 510 valence electrons. The number of hydrogen-bond donors (Lipinski definition) is 0. The van der Waals surface area contributed by atoms with Crippen LogP contribution in [0.15, 0.2) is 371 Å². The fourth-order valence-electron chi connectivity index (χ4n) is 17.7. The molecule has 24 aromatic rings. The standard InChI is InChI=1S/C102H59N5O3/c1-7-19-89-75(13-1)78-44-32-64(67-35-47-84-81-16-4-10-22-95(81)108-98(84)57-67)54-92(78)105(89)72-39-27-60(28-40-72)63-38-50-88-87(53-63)101(62-30-41-73(42-31-62)106-90-20-8-2-14-76(90)79-45-33-65(55-93(79)106)68-36-48-85-82-17-5-11-23-96(82)109-99(85)58-68)104-102(103-88)70-26-25-61-29-43-74(52-71(61)51-70)107-91-21-9-3-15-77(91)80-46-34-66(56-94(80)107)69-37-49-86-83-18-6-12-24-97(83)110-100(86)59-69/h1-59H. The fraction of sp³-hybridized carbons (Fsp3) is 0. The molecule has 7 heterocycles. The Bertz CT molecular complexity index is 8040. The van der Waals surface area contributed by atoms with E-state index in [0.29, 0.717) is 5.82 Å². The van der Waals surface area contributed by atoms with Crippen LogP contribution in [0, 0.1) is 0 Å². The molecule has 110 heavy (non-hydrogen) atoms. The van der Waals surface area contributed by atoms with E-state index in [0.717, 1.165) is 199 Å². The summed E-state index contributed by atoms with van der Waals surface area (Å²) in [5.74, 6) is 0.643. The van der Waals surface area contributed by atoms with E-state index in [9.17, 15) is 0 Å². The monoisotopic (exact) mass is 1400 g/mol. The minimum absolute atomic E-state index is 0.643. The van der Waals surface area contributed by atoms with Crippen LogP contribution in [0.3, 0.4) is 0 Å². The van der Waals surface area contributed by atoms with Gasteiger partial charge in [0.2, 0.25) is 0 Å². The Kier molecular flexibility index (Phi) is 12.8. The zero-order valence-electron chi connectivity index (χ0n) is 59.0. The Morgan fingerprint density at radius 1 is 0.182 bits per heavy atom. The maximum Gasteiger partial charge on any atom is 0.160 e. The van der Waals surface area contributed by atoms with Crippen molar-refractivity contribution in [3.05, 3.63) is 358 Å². The van der Waals surface area contributed by atoms with E-state index in [-0.39, 0.29) is 0 Å². The topological polar surface area (TPSA) is 80.0 Å². The normalized spacial score (nSPS) is 12.2. The Labute approximate surface area is 628 Å². The van der Waals surface area contributed by atoms with Gasteiger partial charge in [-0.1, -0.05) is 212 Å². The highest BCUT2D eigenvalue weighted by atomic mass is 16.3. The predicted octanol–water partition coefficient (Wildman–Crippen LogP) is 27.8. The van der Waals surface area contributed by atoms with Gasteiger partial charge in [-0.05, 0) is 201 Å². The Balaban J connectivity index is 0.630. The molecule has 17 aromatic carbocycles. The van der Waals surface area contributed by atoms with Crippen LogP contribution in [0.2, 0.25) is 0 Å². The van der Waals surface area contributed by atoms with Crippen molar-refractivity contribution in [2.45, 2.75) is 0 Å². The van der Waals surface area contributed by atoms with Crippen LogP contribution in [0.1, 0.15) is 0 Å². The summed E-state index contributed by atoms with van der Waals surface area (Å²) in [5, 5.41) is 17.0.